The maximum Gasteiger partial charge on any atom is 0.471 e. The minimum absolute atomic E-state index is 0.0430. The molecule has 0 unspecified atom stereocenters. The average Bonchev–Trinajstić information content (AvgIpc) is 2.85. The molecule has 2 heterocycles. The van der Waals surface area contributed by atoms with Gasteiger partial charge in [-0.25, -0.2) is 4.39 Å². The Balaban J connectivity index is 1.50. The minimum atomic E-state index is -5.15. The molecule has 0 atom stereocenters. The molecule has 38 heavy (non-hydrogen) atoms. The Bertz CT molecular complexity index is 1260. The van der Waals surface area contributed by atoms with E-state index in [1.54, 1.807) is 30.3 Å². The normalized spacial score (nSPS) is 17.6. The standard InChI is InChI=1S/C24H26F4N4O5S/c25-21-12-17(22(33)13-29-23(34)24(26,27)28)6-7-18(21)14-32(19-4-2-1-3-5-19)38(35,36)31-10-8-30(9-11-31)20-15-37-16-20/h1-7,12,20H,8-11,13-16H2,(H,29,34). The van der Waals surface area contributed by atoms with Gasteiger partial charge in [-0.15, -0.1) is 0 Å². The number of anilines is 1. The molecule has 2 aliphatic heterocycles. The second kappa shape index (κ2) is 11.4. The lowest BCUT2D eigenvalue weighted by molar-refractivity contribution is -0.173. The third-order valence-electron chi connectivity index (χ3n) is 6.42. The molecule has 2 aromatic rings. The van der Waals surface area contributed by atoms with E-state index >= 15 is 4.39 Å². The Morgan fingerprint density at radius 2 is 1.68 bits per heavy atom. The molecule has 0 bridgehead atoms. The SMILES string of the molecule is O=C(CNC(=O)C(F)(F)F)c1ccc(CN(c2ccccc2)S(=O)(=O)N2CCN(C3COC3)CC2)c(F)c1. The number of halogens is 4. The van der Waals surface area contributed by atoms with Gasteiger partial charge in [0.1, 0.15) is 5.82 Å². The molecule has 1 amide bonds. The molecule has 14 heteroatoms. The lowest BCUT2D eigenvalue weighted by atomic mass is 10.1. The van der Waals surface area contributed by atoms with Gasteiger partial charge in [0.05, 0.1) is 38.0 Å². The van der Waals surface area contributed by atoms with Crippen LogP contribution in [0.4, 0.5) is 23.2 Å². The molecule has 206 valence electrons. The van der Waals surface area contributed by atoms with Crippen molar-refractivity contribution in [1.29, 1.82) is 0 Å². The molecule has 0 aromatic heterocycles. The number of amides is 1. The van der Waals surface area contributed by atoms with E-state index in [1.807, 2.05) is 0 Å². The van der Waals surface area contributed by atoms with Gasteiger partial charge in [-0.3, -0.25) is 18.8 Å². The molecule has 2 fully saturated rings. The van der Waals surface area contributed by atoms with Crippen LogP contribution in [0.2, 0.25) is 0 Å². The van der Waals surface area contributed by atoms with Gasteiger partial charge in [-0.05, 0) is 18.2 Å². The second-order valence-electron chi connectivity index (χ2n) is 8.89. The van der Waals surface area contributed by atoms with E-state index in [9.17, 15) is 31.2 Å². The molecule has 1 N–H and O–H groups in total. The zero-order valence-electron chi connectivity index (χ0n) is 20.2. The number of ketones is 1. The van der Waals surface area contributed by atoms with Gasteiger partial charge in [0.15, 0.2) is 5.78 Å². The highest BCUT2D eigenvalue weighted by Crippen LogP contribution is 2.26. The topological polar surface area (TPSA) is 99.3 Å². The largest absolute Gasteiger partial charge is 0.471 e. The van der Waals surface area contributed by atoms with Crippen molar-refractivity contribution in [3.05, 3.63) is 65.5 Å². The first-order valence-corrected chi connectivity index (χ1v) is 13.2. The lowest BCUT2D eigenvalue weighted by Gasteiger charge is -2.43. The second-order valence-corrected chi connectivity index (χ2v) is 10.7. The maximum absolute atomic E-state index is 15.0. The van der Waals surface area contributed by atoms with Crippen molar-refractivity contribution in [1.82, 2.24) is 14.5 Å². The van der Waals surface area contributed by atoms with Crippen molar-refractivity contribution in [3.63, 3.8) is 0 Å². The van der Waals surface area contributed by atoms with Crippen LogP contribution in [0, 0.1) is 5.82 Å². The molecule has 2 aliphatic rings. The molecule has 0 spiro atoms. The van der Waals surface area contributed by atoms with Crippen LogP contribution in [0.25, 0.3) is 0 Å². The minimum Gasteiger partial charge on any atom is -0.378 e. The van der Waals surface area contributed by atoms with E-state index in [0.29, 0.717) is 32.0 Å². The summed E-state index contributed by atoms with van der Waals surface area (Å²) < 4.78 is 87.0. The number of alkyl halides is 3. The first-order valence-electron chi connectivity index (χ1n) is 11.8. The Labute approximate surface area is 217 Å². The summed E-state index contributed by atoms with van der Waals surface area (Å²) in [6.45, 7) is 1.46. The molecule has 0 saturated carbocycles. The molecule has 4 rings (SSSR count). The molecular weight excluding hydrogens is 532 g/mol. The molecule has 0 radical (unpaired) electrons. The van der Waals surface area contributed by atoms with Crippen molar-refractivity contribution in [2.24, 2.45) is 0 Å². The summed E-state index contributed by atoms with van der Waals surface area (Å²) in [4.78, 5) is 25.3. The molecule has 2 aromatic carbocycles. The lowest BCUT2D eigenvalue weighted by Crippen LogP contribution is -2.59. The highest BCUT2D eigenvalue weighted by molar-refractivity contribution is 7.90. The van der Waals surface area contributed by atoms with Crippen LogP contribution < -0.4 is 9.62 Å². The Morgan fingerprint density at radius 3 is 2.24 bits per heavy atom. The van der Waals surface area contributed by atoms with Gasteiger partial charge in [0.2, 0.25) is 0 Å². The fraction of sp³-hybridized carbons (Fsp3) is 0.417. The monoisotopic (exact) mass is 558 g/mol. The van der Waals surface area contributed by atoms with Crippen molar-refractivity contribution < 1.29 is 40.3 Å². The fourth-order valence-corrected chi connectivity index (χ4v) is 5.73. The summed E-state index contributed by atoms with van der Waals surface area (Å²) in [5.41, 5.74) is 0.00855. The fourth-order valence-electron chi connectivity index (χ4n) is 4.14. The number of rotatable bonds is 9. The van der Waals surface area contributed by atoms with Gasteiger partial charge >= 0.3 is 22.3 Å². The number of benzene rings is 2. The number of para-hydroxylation sites is 1. The van der Waals surface area contributed by atoms with Gasteiger partial charge < -0.3 is 10.1 Å². The van der Waals surface area contributed by atoms with Gasteiger partial charge in [-0.1, -0.05) is 30.3 Å². The number of carbonyl (C=O) groups is 2. The first-order chi connectivity index (χ1) is 18.0. The summed E-state index contributed by atoms with van der Waals surface area (Å²) in [5.74, 6) is -4.13. The Kier molecular flexibility index (Phi) is 8.35. The van der Waals surface area contributed by atoms with E-state index in [1.165, 1.54) is 21.8 Å². The molecular formula is C24H26F4N4O5S. The predicted molar refractivity (Wildman–Crippen MR) is 129 cm³/mol. The van der Waals surface area contributed by atoms with E-state index in [0.717, 1.165) is 10.4 Å². The van der Waals surface area contributed by atoms with Gasteiger partial charge in [-0.2, -0.15) is 25.9 Å². The summed E-state index contributed by atoms with van der Waals surface area (Å²) in [7, 11) is -4.07. The third kappa shape index (κ3) is 6.31. The number of piperazine rings is 1. The van der Waals surface area contributed by atoms with Crippen LogP contribution in [0.5, 0.6) is 0 Å². The highest BCUT2D eigenvalue weighted by atomic mass is 32.2. The van der Waals surface area contributed by atoms with E-state index < -0.39 is 40.4 Å². The smallest absolute Gasteiger partial charge is 0.378 e. The summed E-state index contributed by atoms with van der Waals surface area (Å²) in [6, 6.07) is 11.7. The van der Waals surface area contributed by atoms with Crippen LogP contribution >= 0.6 is 0 Å². The Hall–Kier alpha value is -3.07. The summed E-state index contributed by atoms with van der Waals surface area (Å²) in [6.07, 6.45) is -5.15. The van der Waals surface area contributed by atoms with E-state index in [2.05, 4.69) is 4.90 Å². The van der Waals surface area contributed by atoms with Crippen LogP contribution in [0.1, 0.15) is 15.9 Å². The molecule has 0 aliphatic carbocycles. The van der Waals surface area contributed by atoms with E-state index in [4.69, 9.17) is 4.74 Å². The number of nitrogens with one attached hydrogen (secondary N) is 1. The van der Waals surface area contributed by atoms with Gasteiger partial charge in [0, 0.05) is 37.3 Å². The number of hydrogen-bond donors (Lipinski definition) is 1. The zero-order chi connectivity index (χ0) is 27.5. The van der Waals surface area contributed by atoms with E-state index in [-0.39, 0.29) is 36.8 Å². The predicted octanol–water partition coefficient (Wildman–Crippen LogP) is 1.95. The van der Waals surface area contributed by atoms with Gasteiger partial charge in [0.25, 0.3) is 0 Å². The summed E-state index contributed by atoms with van der Waals surface area (Å²) in [5, 5.41) is 1.44. The number of ether oxygens (including phenoxy) is 1. The number of nitrogens with zero attached hydrogens (tertiary/aromatic N) is 3. The Morgan fingerprint density at radius 1 is 1.03 bits per heavy atom. The number of hydrogen-bond acceptors (Lipinski definition) is 6. The highest BCUT2D eigenvalue weighted by Gasteiger charge is 2.39. The zero-order valence-corrected chi connectivity index (χ0v) is 21.0. The quantitative estimate of drug-likeness (QED) is 0.373. The molecule has 2 saturated heterocycles. The van der Waals surface area contributed by atoms with Crippen LogP contribution in [-0.4, -0.2) is 87.5 Å². The van der Waals surface area contributed by atoms with Crippen LogP contribution in [0.3, 0.4) is 0 Å². The summed E-state index contributed by atoms with van der Waals surface area (Å²) >= 11 is 0. The van der Waals surface area contributed by atoms with Crippen molar-refractivity contribution in [3.8, 4) is 0 Å². The number of Topliss-reactive ketones (excluding diaryl/α,β-unsaturated/α-hetero) is 1. The van der Waals surface area contributed by atoms with Crippen molar-refractivity contribution >= 4 is 27.6 Å². The number of carbonyl (C=O) groups excluding carboxylic acids is 2. The van der Waals surface area contributed by atoms with Crippen molar-refractivity contribution in [2.75, 3.05) is 50.2 Å². The first kappa shape index (κ1) is 28.0. The van der Waals surface area contributed by atoms with Crippen LogP contribution in [0.15, 0.2) is 48.5 Å². The maximum atomic E-state index is 15.0. The van der Waals surface area contributed by atoms with Crippen LogP contribution in [-0.2, 0) is 26.3 Å². The third-order valence-corrected chi connectivity index (χ3v) is 8.33. The molecule has 9 nitrogen and oxygen atoms in total. The van der Waals surface area contributed by atoms with Crippen molar-refractivity contribution in [2.45, 2.75) is 18.8 Å². The average molecular weight is 559 g/mol.